The number of carbonyl (C=O) groups excluding carboxylic acids is 2. The molecule has 0 radical (unpaired) electrons. The number of aryl methyl sites for hydroxylation is 1. The van der Waals surface area contributed by atoms with Gasteiger partial charge in [-0.15, -0.1) is 0 Å². The largest absolute Gasteiger partial charge is 0.445 e. The van der Waals surface area contributed by atoms with Gasteiger partial charge in [0.2, 0.25) is 0 Å². The number of nitrogens with one attached hydrogen (secondary N) is 1. The molecule has 1 aromatic heterocycles. The maximum absolute atomic E-state index is 12.3. The third-order valence-electron chi connectivity index (χ3n) is 4.39. The van der Waals surface area contributed by atoms with Crippen LogP contribution in [-0.4, -0.2) is 41.7 Å². The number of piperidine rings is 1. The van der Waals surface area contributed by atoms with Crippen LogP contribution in [0.1, 0.15) is 34.7 Å². The van der Waals surface area contributed by atoms with E-state index in [0.717, 1.165) is 18.4 Å². The number of benzene rings is 1. The van der Waals surface area contributed by atoms with E-state index in [1.54, 1.807) is 17.9 Å². The maximum Gasteiger partial charge on any atom is 0.410 e. The van der Waals surface area contributed by atoms with Crippen molar-refractivity contribution >= 4 is 12.0 Å². The van der Waals surface area contributed by atoms with E-state index >= 15 is 0 Å². The van der Waals surface area contributed by atoms with Crippen molar-refractivity contribution in [1.82, 2.24) is 15.4 Å². The average Bonchev–Trinajstić information content (AvgIpc) is 3.12. The number of nitrogens with zero attached hydrogens (tertiary/aromatic N) is 2. The molecule has 2 aromatic rings. The van der Waals surface area contributed by atoms with Crippen molar-refractivity contribution in [3.05, 3.63) is 53.4 Å². The van der Waals surface area contributed by atoms with Gasteiger partial charge in [0.25, 0.3) is 5.91 Å². The molecule has 1 aromatic carbocycles. The molecular formula is C19H23N3O4. The van der Waals surface area contributed by atoms with Crippen LogP contribution in [0.2, 0.25) is 0 Å². The Morgan fingerprint density at radius 2 is 2.15 bits per heavy atom. The molecule has 1 unspecified atom stereocenters. The third kappa shape index (κ3) is 4.84. The van der Waals surface area contributed by atoms with Crippen molar-refractivity contribution in [2.45, 2.75) is 26.4 Å². The summed E-state index contributed by atoms with van der Waals surface area (Å²) in [5.41, 5.74) is 1.24. The molecular weight excluding hydrogens is 334 g/mol. The number of amides is 2. The van der Waals surface area contributed by atoms with E-state index in [1.165, 1.54) is 0 Å². The smallest absolute Gasteiger partial charge is 0.410 e. The van der Waals surface area contributed by atoms with Gasteiger partial charge in [0, 0.05) is 25.7 Å². The van der Waals surface area contributed by atoms with Crippen LogP contribution in [-0.2, 0) is 11.3 Å². The Kier molecular flexibility index (Phi) is 5.88. The molecule has 0 aliphatic carbocycles. The topological polar surface area (TPSA) is 84.7 Å². The van der Waals surface area contributed by atoms with Crippen LogP contribution in [0.4, 0.5) is 4.79 Å². The first-order chi connectivity index (χ1) is 12.6. The highest BCUT2D eigenvalue weighted by molar-refractivity contribution is 5.92. The summed E-state index contributed by atoms with van der Waals surface area (Å²) in [6.45, 7) is 3.76. The first-order valence-electron chi connectivity index (χ1n) is 8.79. The number of hydrogen-bond donors (Lipinski definition) is 1. The summed E-state index contributed by atoms with van der Waals surface area (Å²) in [5.74, 6) is 0.538. The predicted molar refractivity (Wildman–Crippen MR) is 94.5 cm³/mol. The van der Waals surface area contributed by atoms with Gasteiger partial charge in [-0.25, -0.2) is 4.79 Å². The molecule has 26 heavy (non-hydrogen) atoms. The van der Waals surface area contributed by atoms with Crippen molar-refractivity contribution in [1.29, 1.82) is 0 Å². The van der Waals surface area contributed by atoms with Gasteiger partial charge in [0.05, 0.1) is 0 Å². The third-order valence-corrected chi connectivity index (χ3v) is 4.39. The summed E-state index contributed by atoms with van der Waals surface area (Å²) < 4.78 is 10.3. The Morgan fingerprint density at radius 1 is 1.35 bits per heavy atom. The Hall–Kier alpha value is -2.83. The van der Waals surface area contributed by atoms with E-state index in [4.69, 9.17) is 9.26 Å². The van der Waals surface area contributed by atoms with Crippen molar-refractivity contribution in [3.63, 3.8) is 0 Å². The number of aromatic nitrogens is 1. The lowest BCUT2D eigenvalue weighted by Crippen LogP contribution is -2.43. The van der Waals surface area contributed by atoms with E-state index in [2.05, 4.69) is 10.5 Å². The first kappa shape index (κ1) is 18.0. The van der Waals surface area contributed by atoms with Crippen molar-refractivity contribution in [3.8, 4) is 0 Å². The minimum Gasteiger partial charge on any atom is -0.445 e. The van der Waals surface area contributed by atoms with Crippen LogP contribution in [0.25, 0.3) is 0 Å². The minimum atomic E-state index is -0.308. The van der Waals surface area contributed by atoms with Gasteiger partial charge in [-0.3, -0.25) is 4.79 Å². The van der Waals surface area contributed by atoms with Crippen molar-refractivity contribution < 1.29 is 18.8 Å². The molecule has 3 rings (SSSR count). The standard InChI is InChI=1S/C19H23N3O4/c1-14-10-17(21-26-14)18(23)20-11-16-8-5-9-22(12-16)19(24)25-13-15-6-3-2-4-7-15/h2-4,6-7,10,16H,5,8-9,11-13H2,1H3,(H,20,23). The van der Waals surface area contributed by atoms with Crippen LogP contribution < -0.4 is 5.32 Å². The second kappa shape index (κ2) is 8.51. The van der Waals surface area contributed by atoms with Gasteiger partial charge in [0.15, 0.2) is 5.69 Å². The van der Waals surface area contributed by atoms with Gasteiger partial charge in [-0.2, -0.15) is 0 Å². The molecule has 1 aliphatic heterocycles. The van der Waals surface area contributed by atoms with Gasteiger partial charge < -0.3 is 19.5 Å². The fraction of sp³-hybridized carbons (Fsp3) is 0.421. The lowest BCUT2D eigenvalue weighted by molar-refractivity contribution is 0.0775. The van der Waals surface area contributed by atoms with Gasteiger partial charge >= 0.3 is 6.09 Å². The van der Waals surface area contributed by atoms with Crippen LogP contribution >= 0.6 is 0 Å². The molecule has 0 bridgehead atoms. The zero-order valence-electron chi connectivity index (χ0n) is 14.8. The molecule has 1 fully saturated rings. The Balaban J connectivity index is 1.44. The van der Waals surface area contributed by atoms with Crippen molar-refractivity contribution in [2.75, 3.05) is 19.6 Å². The van der Waals surface area contributed by atoms with E-state index in [-0.39, 0.29) is 30.2 Å². The normalized spacial score (nSPS) is 17.0. The molecule has 0 spiro atoms. The molecule has 0 saturated carbocycles. The van der Waals surface area contributed by atoms with E-state index in [9.17, 15) is 9.59 Å². The average molecular weight is 357 g/mol. The maximum atomic E-state index is 12.3. The second-order valence-corrected chi connectivity index (χ2v) is 6.53. The summed E-state index contributed by atoms with van der Waals surface area (Å²) in [5, 5.41) is 6.56. The lowest BCUT2D eigenvalue weighted by atomic mass is 9.98. The number of rotatable bonds is 5. The summed E-state index contributed by atoms with van der Waals surface area (Å²) in [4.78, 5) is 26.0. The Bertz CT molecular complexity index is 744. The summed E-state index contributed by atoms with van der Waals surface area (Å²) in [7, 11) is 0. The van der Waals surface area contributed by atoms with Gasteiger partial charge in [-0.1, -0.05) is 35.5 Å². The Morgan fingerprint density at radius 3 is 2.88 bits per heavy atom. The highest BCUT2D eigenvalue weighted by atomic mass is 16.6. The van der Waals surface area contributed by atoms with Crippen molar-refractivity contribution in [2.24, 2.45) is 5.92 Å². The zero-order chi connectivity index (χ0) is 18.4. The molecule has 138 valence electrons. The molecule has 1 N–H and O–H groups in total. The molecule has 7 nitrogen and oxygen atoms in total. The summed E-state index contributed by atoms with van der Waals surface area (Å²) in [6.07, 6.45) is 1.54. The summed E-state index contributed by atoms with van der Waals surface area (Å²) in [6, 6.07) is 11.2. The number of hydrogen-bond acceptors (Lipinski definition) is 5. The first-order valence-corrected chi connectivity index (χ1v) is 8.79. The monoisotopic (exact) mass is 357 g/mol. The van der Waals surface area contributed by atoms with Crippen LogP contribution in [0, 0.1) is 12.8 Å². The summed E-state index contributed by atoms with van der Waals surface area (Å²) >= 11 is 0. The fourth-order valence-corrected chi connectivity index (χ4v) is 3.01. The minimum absolute atomic E-state index is 0.199. The Labute approximate surface area is 152 Å². The van der Waals surface area contributed by atoms with Crippen LogP contribution in [0.3, 0.4) is 0 Å². The molecule has 7 heteroatoms. The van der Waals surface area contributed by atoms with Gasteiger partial charge in [-0.05, 0) is 31.2 Å². The number of ether oxygens (including phenoxy) is 1. The zero-order valence-corrected chi connectivity index (χ0v) is 14.8. The number of carbonyl (C=O) groups is 2. The molecule has 1 atom stereocenters. The predicted octanol–water partition coefficient (Wildman–Crippen LogP) is 2.76. The van der Waals surface area contributed by atoms with Gasteiger partial charge in [0.1, 0.15) is 12.4 Å². The highest BCUT2D eigenvalue weighted by Gasteiger charge is 2.25. The SMILES string of the molecule is Cc1cc(C(=O)NCC2CCCN(C(=O)OCc3ccccc3)C2)no1. The fourth-order valence-electron chi connectivity index (χ4n) is 3.01. The van der Waals surface area contributed by atoms with E-state index < -0.39 is 0 Å². The molecule has 1 aliphatic rings. The molecule has 2 heterocycles. The van der Waals surface area contributed by atoms with E-state index in [0.29, 0.717) is 25.4 Å². The molecule has 1 saturated heterocycles. The number of likely N-dealkylation sites (tertiary alicyclic amines) is 1. The quantitative estimate of drug-likeness (QED) is 0.889. The molecule has 2 amide bonds. The lowest BCUT2D eigenvalue weighted by Gasteiger charge is -2.32. The van der Waals surface area contributed by atoms with Crippen LogP contribution in [0.15, 0.2) is 40.9 Å². The highest BCUT2D eigenvalue weighted by Crippen LogP contribution is 2.17. The van der Waals surface area contributed by atoms with Crippen LogP contribution in [0.5, 0.6) is 0 Å². The van der Waals surface area contributed by atoms with E-state index in [1.807, 2.05) is 30.3 Å². The second-order valence-electron chi connectivity index (χ2n) is 6.53.